The Morgan fingerprint density at radius 2 is 1.59 bits per heavy atom. The Morgan fingerprint density at radius 1 is 0.906 bits per heavy atom. The number of aryl methyl sites for hydroxylation is 2. The van der Waals surface area contributed by atoms with Crippen molar-refractivity contribution in [3.63, 3.8) is 0 Å². The molecule has 1 amide bonds. The first-order chi connectivity index (χ1) is 15.3. The van der Waals surface area contributed by atoms with Gasteiger partial charge in [-0.25, -0.2) is 0 Å². The highest BCUT2D eigenvalue weighted by Crippen LogP contribution is 2.27. The Labute approximate surface area is 193 Å². The minimum atomic E-state index is -3.47. The second-order valence-corrected chi connectivity index (χ2v) is 11.8. The maximum atomic E-state index is 13.3. The molecule has 3 aliphatic rings. The largest absolute Gasteiger partial charge is 0.368 e. The first-order valence-corrected chi connectivity index (χ1v) is 13.5. The molecule has 8 heteroatoms. The molecule has 4 rings (SSSR count). The minimum Gasteiger partial charge on any atom is -0.368 e. The summed E-state index contributed by atoms with van der Waals surface area (Å²) in [6.07, 6.45) is 3.36. The van der Waals surface area contributed by atoms with E-state index in [-0.39, 0.29) is 11.8 Å². The molecule has 32 heavy (non-hydrogen) atoms. The van der Waals surface area contributed by atoms with Crippen molar-refractivity contribution >= 4 is 21.8 Å². The van der Waals surface area contributed by atoms with Gasteiger partial charge in [0.25, 0.3) is 10.2 Å². The van der Waals surface area contributed by atoms with Crippen molar-refractivity contribution in [3.8, 4) is 0 Å². The summed E-state index contributed by atoms with van der Waals surface area (Å²) in [5.74, 6) is 0.478. The number of rotatable bonds is 4. The lowest BCUT2D eigenvalue weighted by Crippen LogP contribution is -2.55. The van der Waals surface area contributed by atoms with E-state index in [4.69, 9.17) is 0 Å². The van der Waals surface area contributed by atoms with E-state index in [1.165, 1.54) is 16.8 Å². The first-order valence-electron chi connectivity index (χ1n) is 12.1. The van der Waals surface area contributed by atoms with Crippen molar-refractivity contribution in [3.05, 3.63) is 29.3 Å². The molecule has 3 saturated heterocycles. The quantitative estimate of drug-likeness (QED) is 0.690. The van der Waals surface area contributed by atoms with Crippen LogP contribution in [0.2, 0.25) is 0 Å². The zero-order valence-electron chi connectivity index (χ0n) is 19.8. The lowest BCUT2D eigenvalue weighted by molar-refractivity contribution is -0.137. The Balaban J connectivity index is 1.35. The van der Waals surface area contributed by atoms with Crippen molar-refractivity contribution in [1.82, 2.24) is 13.5 Å². The van der Waals surface area contributed by atoms with Gasteiger partial charge in [0.05, 0.1) is 5.92 Å². The highest BCUT2D eigenvalue weighted by atomic mass is 32.2. The lowest BCUT2D eigenvalue weighted by atomic mass is 9.97. The van der Waals surface area contributed by atoms with Crippen LogP contribution in [0.3, 0.4) is 0 Å². The van der Waals surface area contributed by atoms with Gasteiger partial charge in [0.2, 0.25) is 5.91 Å². The molecule has 1 aromatic rings. The van der Waals surface area contributed by atoms with Gasteiger partial charge in [-0.15, -0.1) is 0 Å². The number of benzene rings is 1. The number of piperazine rings is 1. The molecular formula is C24H38N4O3S. The van der Waals surface area contributed by atoms with Crippen molar-refractivity contribution in [2.24, 2.45) is 11.8 Å². The predicted molar refractivity (Wildman–Crippen MR) is 128 cm³/mol. The zero-order chi connectivity index (χ0) is 22.9. The maximum Gasteiger partial charge on any atom is 0.281 e. The third-order valence-electron chi connectivity index (χ3n) is 7.43. The smallest absolute Gasteiger partial charge is 0.281 e. The van der Waals surface area contributed by atoms with Crippen LogP contribution < -0.4 is 4.90 Å². The van der Waals surface area contributed by atoms with Crippen LogP contribution in [0.5, 0.6) is 0 Å². The van der Waals surface area contributed by atoms with Crippen molar-refractivity contribution in [2.75, 3.05) is 57.3 Å². The molecule has 3 heterocycles. The summed E-state index contributed by atoms with van der Waals surface area (Å²) in [5, 5.41) is 0. The van der Waals surface area contributed by atoms with E-state index in [1.807, 2.05) is 4.90 Å². The van der Waals surface area contributed by atoms with E-state index in [0.29, 0.717) is 45.2 Å². The second kappa shape index (κ2) is 9.69. The molecule has 0 spiro atoms. The number of amides is 1. The Kier molecular flexibility index (Phi) is 7.12. The normalized spacial score (nSPS) is 24.7. The Morgan fingerprint density at radius 3 is 2.28 bits per heavy atom. The zero-order valence-corrected chi connectivity index (χ0v) is 20.6. The van der Waals surface area contributed by atoms with Gasteiger partial charge in [-0.05, 0) is 62.6 Å². The number of piperidine rings is 2. The summed E-state index contributed by atoms with van der Waals surface area (Å²) in [6, 6.07) is 6.51. The molecule has 0 unspecified atom stereocenters. The average Bonchev–Trinajstić information content (AvgIpc) is 2.81. The second-order valence-electron chi connectivity index (χ2n) is 9.89. The third kappa shape index (κ3) is 4.97. The molecule has 178 valence electrons. The van der Waals surface area contributed by atoms with Crippen LogP contribution in [0, 0.1) is 25.7 Å². The Bertz CT molecular complexity index is 919. The van der Waals surface area contributed by atoms with Gasteiger partial charge in [-0.1, -0.05) is 19.1 Å². The number of carbonyl (C=O) groups is 1. The number of nitrogens with zero attached hydrogens (tertiary/aromatic N) is 4. The third-order valence-corrected chi connectivity index (χ3v) is 9.43. The number of hydrogen-bond donors (Lipinski definition) is 0. The van der Waals surface area contributed by atoms with Gasteiger partial charge < -0.3 is 9.80 Å². The average molecular weight is 463 g/mol. The van der Waals surface area contributed by atoms with Crippen LogP contribution in [-0.2, 0) is 15.0 Å². The monoisotopic (exact) mass is 462 g/mol. The first kappa shape index (κ1) is 23.5. The van der Waals surface area contributed by atoms with E-state index in [2.05, 4.69) is 43.9 Å². The SMILES string of the molecule is Cc1ccc(C)c(N2CCN(C(=O)[C@H]3CCCN(S(=O)(=O)N4CCC(C)CC4)C3)CC2)c1. The number of carbonyl (C=O) groups excluding carboxylic acids is 1. The van der Waals surface area contributed by atoms with Crippen LogP contribution in [-0.4, -0.2) is 80.2 Å². The molecule has 7 nitrogen and oxygen atoms in total. The summed E-state index contributed by atoms with van der Waals surface area (Å²) in [7, 11) is -3.47. The topological polar surface area (TPSA) is 64.2 Å². The van der Waals surface area contributed by atoms with E-state index < -0.39 is 10.2 Å². The fourth-order valence-electron chi connectivity index (χ4n) is 5.22. The minimum absolute atomic E-state index is 0.123. The molecule has 0 aromatic heterocycles. The highest BCUT2D eigenvalue weighted by molar-refractivity contribution is 7.86. The predicted octanol–water partition coefficient (Wildman–Crippen LogP) is 2.64. The van der Waals surface area contributed by atoms with Crippen LogP contribution >= 0.6 is 0 Å². The van der Waals surface area contributed by atoms with Crippen molar-refractivity contribution in [2.45, 2.75) is 46.5 Å². The molecule has 0 bridgehead atoms. The number of anilines is 1. The molecule has 3 fully saturated rings. The maximum absolute atomic E-state index is 13.3. The van der Waals surface area contributed by atoms with E-state index in [0.717, 1.165) is 38.8 Å². The van der Waals surface area contributed by atoms with Crippen molar-refractivity contribution < 1.29 is 13.2 Å². The van der Waals surface area contributed by atoms with E-state index in [9.17, 15) is 13.2 Å². The van der Waals surface area contributed by atoms with Crippen LogP contribution in [0.15, 0.2) is 18.2 Å². The molecule has 0 aliphatic carbocycles. The molecule has 3 aliphatic heterocycles. The molecule has 1 atom stereocenters. The summed E-state index contributed by atoms with van der Waals surface area (Å²) >= 11 is 0. The summed E-state index contributed by atoms with van der Waals surface area (Å²) in [5.41, 5.74) is 3.76. The fraction of sp³-hybridized carbons (Fsp3) is 0.708. The highest BCUT2D eigenvalue weighted by Gasteiger charge is 2.38. The van der Waals surface area contributed by atoms with Crippen LogP contribution in [0.1, 0.15) is 43.7 Å². The molecule has 1 aromatic carbocycles. The molecule has 0 radical (unpaired) electrons. The van der Waals surface area contributed by atoms with Gasteiger partial charge >= 0.3 is 0 Å². The van der Waals surface area contributed by atoms with E-state index >= 15 is 0 Å². The van der Waals surface area contributed by atoms with Gasteiger partial charge in [0.1, 0.15) is 0 Å². The molecule has 0 N–H and O–H groups in total. The lowest BCUT2D eigenvalue weighted by Gasteiger charge is -2.41. The molecule has 0 saturated carbocycles. The van der Waals surface area contributed by atoms with Crippen molar-refractivity contribution in [1.29, 1.82) is 0 Å². The van der Waals surface area contributed by atoms with Crippen LogP contribution in [0.25, 0.3) is 0 Å². The van der Waals surface area contributed by atoms with Gasteiger partial charge in [0.15, 0.2) is 0 Å². The molecular weight excluding hydrogens is 424 g/mol. The van der Waals surface area contributed by atoms with Gasteiger partial charge in [-0.2, -0.15) is 17.0 Å². The summed E-state index contributed by atoms with van der Waals surface area (Å²) < 4.78 is 29.5. The van der Waals surface area contributed by atoms with E-state index in [1.54, 1.807) is 8.61 Å². The van der Waals surface area contributed by atoms with Crippen LogP contribution in [0.4, 0.5) is 5.69 Å². The van der Waals surface area contributed by atoms with Gasteiger partial charge in [-0.3, -0.25) is 4.79 Å². The summed E-state index contributed by atoms with van der Waals surface area (Å²) in [6.45, 7) is 11.5. The number of hydrogen-bond acceptors (Lipinski definition) is 4. The van der Waals surface area contributed by atoms with Gasteiger partial charge in [0, 0.05) is 58.0 Å². The fourth-order valence-corrected chi connectivity index (χ4v) is 6.95. The standard InChI is InChI=1S/C24H38N4O3S/c1-19-8-11-27(12-9-19)32(30,31)28-10-4-5-22(18-28)24(29)26-15-13-25(14-16-26)23-17-20(2)6-7-21(23)3/h6-7,17,19,22H,4-5,8-16,18H2,1-3H3/t22-/m0/s1. The summed E-state index contributed by atoms with van der Waals surface area (Å²) in [4.78, 5) is 17.6. The Hall–Kier alpha value is -1.64.